The number of carboxylic acid groups (broad SMARTS) is 1. The minimum absolute atomic E-state index is 0.0489. The molecule has 7 heteroatoms. The van der Waals surface area contributed by atoms with E-state index >= 15 is 0 Å². The minimum atomic E-state index is -0.881. The second kappa shape index (κ2) is 7.52. The molecule has 0 bridgehead atoms. The number of hydrogen-bond acceptors (Lipinski definition) is 3. The Morgan fingerprint density at radius 3 is 2.89 bits per heavy atom. The summed E-state index contributed by atoms with van der Waals surface area (Å²) in [5, 5.41) is 12.5. The molecule has 3 aromatic rings. The number of halogens is 2. The average molecular weight is 383 g/mol. The minimum Gasteiger partial charge on any atom is -0.480 e. The summed E-state index contributed by atoms with van der Waals surface area (Å²) in [5.74, 6) is -2.62. The summed E-state index contributed by atoms with van der Waals surface area (Å²) >= 11 is 0. The monoisotopic (exact) mass is 383 g/mol. The van der Waals surface area contributed by atoms with Crippen molar-refractivity contribution in [3.05, 3.63) is 59.9 Å². The van der Waals surface area contributed by atoms with Gasteiger partial charge < -0.3 is 15.4 Å². The van der Waals surface area contributed by atoms with Gasteiger partial charge in [0.1, 0.15) is 5.65 Å². The predicted octanol–water partition coefficient (Wildman–Crippen LogP) is 4.12. The Balaban J connectivity index is 1.64. The third-order valence-electron chi connectivity index (χ3n) is 5.07. The zero-order valence-electron chi connectivity index (χ0n) is 15.0. The number of benzene rings is 1. The molecule has 0 fully saturated rings. The molecule has 0 radical (unpaired) electrons. The van der Waals surface area contributed by atoms with Gasteiger partial charge in [0.2, 0.25) is 0 Å². The van der Waals surface area contributed by atoms with Crippen molar-refractivity contribution in [2.45, 2.75) is 25.3 Å². The second-order valence-electron chi connectivity index (χ2n) is 6.88. The highest BCUT2D eigenvalue weighted by atomic mass is 19.2. The van der Waals surface area contributed by atoms with E-state index in [9.17, 15) is 13.6 Å². The van der Waals surface area contributed by atoms with E-state index in [4.69, 9.17) is 5.11 Å². The third-order valence-corrected chi connectivity index (χ3v) is 5.07. The topological polar surface area (TPSA) is 78.0 Å². The summed E-state index contributed by atoms with van der Waals surface area (Å²) in [4.78, 5) is 18.3. The van der Waals surface area contributed by atoms with Gasteiger partial charge in [0.25, 0.3) is 0 Å². The molecule has 1 unspecified atom stereocenters. The number of H-pyrrole nitrogens is 1. The molecule has 1 aliphatic rings. The van der Waals surface area contributed by atoms with Crippen LogP contribution in [0.5, 0.6) is 0 Å². The maximum atomic E-state index is 14.3. The molecule has 1 atom stereocenters. The number of pyridine rings is 1. The van der Waals surface area contributed by atoms with E-state index in [1.165, 1.54) is 6.07 Å². The fourth-order valence-electron chi connectivity index (χ4n) is 3.64. The van der Waals surface area contributed by atoms with Gasteiger partial charge in [0.05, 0.1) is 6.54 Å². The van der Waals surface area contributed by atoms with Crippen LogP contribution in [-0.2, 0) is 4.79 Å². The highest BCUT2D eigenvalue weighted by Gasteiger charge is 2.19. The van der Waals surface area contributed by atoms with Crippen LogP contribution < -0.4 is 5.32 Å². The van der Waals surface area contributed by atoms with Gasteiger partial charge in [-0.1, -0.05) is 18.2 Å². The third kappa shape index (κ3) is 3.53. The number of allylic oxidation sites excluding steroid dienone is 1. The molecular formula is C21H19F2N3O2. The van der Waals surface area contributed by atoms with Gasteiger partial charge in [0.15, 0.2) is 11.6 Å². The molecule has 5 nitrogen and oxygen atoms in total. The smallest absolute Gasteiger partial charge is 0.317 e. The van der Waals surface area contributed by atoms with Gasteiger partial charge in [-0.05, 0) is 48.6 Å². The van der Waals surface area contributed by atoms with Crippen LogP contribution in [0.3, 0.4) is 0 Å². The lowest BCUT2D eigenvalue weighted by atomic mass is 9.93. The van der Waals surface area contributed by atoms with Crippen molar-refractivity contribution in [3.63, 3.8) is 0 Å². The predicted molar refractivity (Wildman–Crippen MR) is 103 cm³/mol. The maximum Gasteiger partial charge on any atom is 0.317 e. The number of aromatic nitrogens is 2. The van der Waals surface area contributed by atoms with Crippen LogP contribution >= 0.6 is 0 Å². The van der Waals surface area contributed by atoms with Crippen molar-refractivity contribution in [1.82, 2.24) is 15.3 Å². The van der Waals surface area contributed by atoms with Crippen molar-refractivity contribution in [1.29, 1.82) is 0 Å². The van der Waals surface area contributed by atoms with Gasteiger partial charge in [-0.3, -0.25) is 4.79 Å². The number of nitrogens with one attached hydrogen (secondary N) is 2. The molecule has 3 N–H and O–H groups in total. The van der Waals surface area contributed by atoms with Gasteiger partial charge in [-0.25, -0.2) is 13.8 Å². The summed E-state index contributed by atoms with van der Waals surface area (Å²) in [6.45, 7) is -0.0489. The molecule has 0 aliphatic heterocycles. The first-order chi connectivity index (χ1) is 13.5. The van der Waals surface area contributed by atoms with Crippen LogP contribution in [0.15, 0.2) is 42.6 Å². The molecule has 28 heavy (non-hydrogen) atoms. The van der Waals surface area contributed by atoms with Crippen LogP contribution in [-0.4, -0.2) is 33.6 Å². The number of nitrogens with zero attached hydrogens (tertiary/aromatic N) is 1. The summed E-state index contributed by atoms with van der Waals surface area (Å²) < 4.78 is 27.9. The molecular weight excluding hydrogens is 364 g/mol. The first-order valence-corrected chi connectivity index (χ1v) is 9.09. The van der Waals surface area contributed by atoms with Crippen molar-refractivity contribution in [3.8, 4) is 11.1 Å². The van der Waals surface area contributed by atoms with Gasteiger partial charge in [-0.2, -0.15) is 0 Å². The summed E-state index contributed by atoms with van der Waals surface area (Å²) in [6.07, 6.45) is 6.00. The molecule has 0 saturated heterocycles. The van der Waals surface area contributed by atoms with Crippen LogP contribution in [0.25, 0.3) is 27.7 Å². The SMILES string of the molecule is O=C(O)CNC1CC=C(c2cc3c(-c4cccc(F)c4F)ccnc3[nH]2)CC1. The first kappa shape index (κ1) is 18.3. The maximum absolute atomic E-state index is 14.3. The van der Waals surface area contributed by atoms with Crippen molar-refractivity contribution >= 4 is 22.6 Å². The molecule has 2 heterocycles. The van der Waals surface area contributed by atoms with Crippen LogP contribution in [0.1, 0.15) is 25.0 Å². The molecule has 2 aromatic heterocycles. The quantitative estimate of drug-likeness (QED) is 0.619. The number of carboxylic acids is 1. The first-order valence-electron chi connectivity index (χ1n) is 9.09. The number of aliphatic carboxylic acids is 1. The molecule has 1 aromatic carbocycles. The standard InChI is InChI=1S/C21H19F2N3O2/c22-17-3-1-2-15(20(17)23)14-8-9-24-21-16(14)10-18(26-21)12-4-6-13(7-5-12)25-11-19(27)28/h1-4,8-10,13,25H,5-7,11H2,(H,24,26)(H,27,28). The molecule has 0 amide bonds. The van der Waals surface area contributed by atoms with E-state index in [0.717, 1.165) is 42.0 Å². The second-order valence-corrected chi connectivity index (χ2v) is 6.88. The summed E-state index contributed by atoms with van der Waals surface area (Å²) in [6, 6.07) is 7.87. The zero-order valence-corrected chi connectivity index (χ0v) is 15.0. The largest absolute Gasteiger partial charge is 0.480 e. The normalized spacial score (nSPS) is 16.9. The highest BCUT2D eigenvalue weighted by molar-refractivity contribution is 5.95. The van der Waals surface area contributed by atoms with Crippen LogP contribution in [0.4, 0.5) is 8.78 Å². The number of carbonyl (C=O) groups is 1. The van der Waals surface area contributed by atoms with E-state index in [0.29, 0.717) is 11.2 Å². The number of aromatic amines is 1. The Bertz CT molecular complexity index is 1070. The molecule has 4 rings (SSSR count). The Hall–Kier alpha value is -3.06. The lowest BCUT2D eigenvalue weighted by Gasteiger charge is -2.21. The highest BCUT2D eigenvalue weighted by Crippen LogP contribution is 2.34. The lowest BCUT2D eigenvalue weighted by molar-refractivity contribution is -0.136. The van der Waals surface area contributed by atoms with Gasteiger partial charge in [0, 0.05) is 28.9 Å². The molecule has 0 spiro atoms. The van der Waals surface area contributed by atoms with E-state index in [-0.39, 0.29) is 18.2 Å². The average Bonchev–Trinajstić information content (AvgIpc) is 3.13. The Morgan fingerprint density at radius 2 is 2.14 bits per heavy atom. The number of fused-ring (bicyclic) bond motifs is 1. The van der Waals surface area contributed by atoms with Crippen LogP contribution in [0, 0.1) is 11.6 Å². The van der Waals surface area contributed by atoms with E-state index in [2.05, 4.69) is 21.4 Å². The molecule has 0 saturated carbocycles. The van der Waals surface area contributed by atoms with Gasteiger partial charge in [-0.15, -0.1) is 0 Å². The Labute approximate surface area is 160 Å². The summed E-state index contributed by atoms with van der Waals surface area (Å²) in [5.41, 5.74) is 3.40. The van der Waals surface area contributed by atoms with Crippen molar-refractivity contribution < 1.29 is 18.7 Å². The van der Waals surface area contributed by atoms with E-state index < -0.39 is 17.6 Å². The molecule has 1 aliphatic carbocycles. The van der Waals surface area contributed by atoms with E-state index in [1.54, 1.807) is 18.3 Å². The fourth-order valence-corrected chi connectivity index (χ4v) is 3.64. The van der Waals surface area contributed by atoms with Crippen molar-refractivity contribution in [2.75, 3.05) is 6.54 Å². The molecule has 144 valence electrons. The zero-order chi connectivity index (χ0) is 19.7. The lowest BCUT2D eigenvalue weighted by Crippen LogP contribution is -2.34. The van der Waals surface area contributed by atoms with E-state index in [1.807, 2.05) is 6.07 Å². The van der Waals surface area contributed by atoms with Gasteiger partial charge >= 0.3 is 5.97 Å². The van der Waals surface area contributed by atoms with Crippen LogP contribution in [0.2, 0.25) is 0 Å². The number of rotatable bonds is 5. The number of hydrogen-bond donors (Lipinski definition) is 3. The Kier molecular flexibility index (Phi) is 4.92. The van der Waals surface area contributed by atoms with Crippen molar-refractivity contribution in [2.24, 2.45) is 0 Å². The Morgan fingerprint density at radius 1 is 1.29 bits per heavy atom. The summed E-state index contributed by atoms with van der Waals surface area (Å²) in [7, 11) is 0. The fraction of sp³-hybridized carbons (Fsp3) is 0.238.